The van der Waals surface area contributed by atoms with Gasteiger partial charge in [-0.1, -0.05) is 35.9 Å². The number of hydrogen-bond acceptors (Lipinski definition) is 5. The lowest BCUT2D eigenvalue weighted by molar-refractivity contribution is 0.153. The number of hydrogen-bond donors (Lipinski definition) is 1. The van der Waals surface area contributed by atoms with Crippen LogP contribution in [0.25, 0.3) is 0 Å². The fourth-order valence-corrected chi connectivity index (χ4v) is 3.56. The van der Waals surface area contributed by atoms with Gasteiger partial charge in [0.2, 0.25) is 0 Å². The Balaban J connectivity index is 0.00000261. The van der Waals surface area contributed by atoms with Gasteiger partial charge in [0.25, 0.3) is 0 Å². The van der Waals surface area contributed by atoms with Gasteiger partial charge in [0, 0.05) is 64.1 Å². The van der Waals surface area contributed by atoms with Crippen molar-refractivity contribution in [1.29, 1.82) is 0 Å². The lowest BCUT2D eigenvalue weighted by Crippen LogP contribution is -2.45. The van der Waals surface area contributed by atoms with Crippen LogP contribution in [0.5, 0.6) is 0 Å². The lowest BCUT2D eigenvalue weighted by atomic mass is 10.0. The van der Waals surface area contributed by atoms with Crippen molar-refractivity contribution in [2.75, 3.05) is 51.8 Å². The van der Waals surface area contributed by atoms with E-state index in [0.717, 1.165) is 43.6 Å². The number of nitrogens with one attached hydrogen (secondary N) is 1. The highest BCUT2D eigenvalue weighted by Gasteiger charge is 2.25. The Morgan fingerprint density at radius 2 is 2.11 bits per heavy atom. The number of likely N-dealkylation sites (N-methyl/N-ethyl adjacent to an activating group) is 1. The van der Waals surface area contributed by atoms with Crippen molar-refractivity contribution in [2.45, 2.75) is 12.6 Å². The Bertz CT molecular complexity index is 699. The van der Waals surface area contributed by atoms with E-state index in [2.05, 4.69) is 44.4 Å². The smallest absolute Gasteiger partial charge is 0.128 e. The van der Waals surface area contributed by atoms with Crippen LogP contribution in [0.1, 0.15) is 17.2 Å². The molecular weight excluding hydrogens is 383 g/mol. The highest BCUT2D eigenvalue weighted by atomic mass is 35.5. The summed E-state index contributed by atoms with van der Waals surface area (Å²) in [6, 6.07) is 12.7. The van der Waals surface area contributed by atoms with Crippen LogP contribution in [0, 0.1) is 0 Å². The Morgan fingerprint density at radius 1 is 1.30 bits per heavy atom. The van der Waals surface area contributed by atoms with Crippen molar-refractivity contribution in [3.8, 4) is 0 Å². The normalized spacial score (nSPS) is 17.4. The molecule has 1 aromatic carbocycles. The van der Waals surface area contributed by atoms with Crippen LogP contribution in [0.2, 0.25) is 5.02 Å². The molecule has 148 valence electrons. The van der Waals surface area contributed by atoms with Gasteiger partial charge in [-0.15, -0.1) is 12.4 Å². The minimum Gasteiger partial charge on any atom is -0.383 e. The van der Waals surface area contributed by atoms with Gasteiger partial charge in [-0.2, -0.15) is 0 Å². The van der Waals surface area contributed by atoms with E-state index in [1.807, 2.05) is 25.4 Å². The summed E-state index contributed by atoms with van der Waals surface area (Å²) in [7, 11) is 3.75. The summed E-state index contributed by atoms with van der Waals surface area (Å²) in [6.07, 6.45) is 1.98. The number of anilines is 1. The molecule has 1 atom stereocenters. The molecule has 1 saturated heterocycles. The fourth-order valence-electron chi connectivity index (χ4n) is 3.30. The van der Waals surface area contributed by atoms with Crippen LogP contribution in [0.3, 0.4) is 0 Å². The number of halogens is 2. The molecule has 1 aliphatic heterocycles. The Morgan fingerprint density at radius 3 is 2.81 bits per heavy atom. The molecule has 2 heterocycles. The third-order valence-electron chi connectivity index (χ3n) is 4.84. The van der Waals surface area contributed by atoms with E-state index < -0.39 is 0 Å². The molecule has 3 rings (SSSR count). The molecule has 0 amide bonds. The maximum Gasteiger partial charge on any atom is 0.128 e. The zero-order valence-corrected chi connectivity index (χ0v) is 17.5. The number of aromatic nitrogens is 1. The molecule has 1 fully saturated rings. The predicted octanol–water partition coefficient (Wildman–Crippen LogP) is 3.39. The molecule has 1 N–H and O–H groups in total. The maximum atomic E-state index is 6.44. The van der Waals surface area contributed by atoms with Crippen LogP contribution in [0.4, 0.5) is 5.82 Å². The monoisotopic (exact) mass is 410 g/mol. The van der Waals surface area contributed by atoms with Crippen molar-refractivity contribution in [2.24, 2.45) is 0 Å². The zero-order chi connectivity index (χ0) is 18.4. The highest BCUT2D eigenvalue weighted by molar-refractivity contribution is 6.31. The first-order chi connectivity index (χ1) is 12.7. The first-order valence-corrected chi connectivity index (χ1v) is 9.41. The van der Waals surface area contributed by atoms with Crippen LogP contribution in [-0.2, 0) is 11.3 Å². The average Bonchev–Trinajstić information content (AvgIpc) is 2.68. The van der Waals surface area contributed by atoms with Crippen molar-refractivity contribution >= 4 is 29.8 Å². The largest absolute Gasteiger partial charge is 0.383 e. The number of rotatable bonds is 7. The summed E-state index contributed by atoms with van der Waals surface area (Å²) >= 11 is 6.44. The van der Waals surface area contributed by atoms with Gasteiger partial charge < -0.3 is 15.0 Å². The highest BCUT2D eigenvalue weighted by Crippen LogP contribution is 2.29. The second kappa shape index (κ2) is 10.8. The van der Waals surface area contributed by atoms with E-state index >= 15 is 0 Å². The topological polar surface area (TPSA) is 40.6 Å². The summed E-state index contributed by atoms with van der Waals surface area (Å²) in [5.41, 5.74) is 2.40. The van der Waals surface area contributed by atoms with E-state index in [0.29, 0.717) is 6.61 Å². The SMILES string of the molecule is COCCN(C)c1ccc(CN2CCNCC2c2ccccc2Cl)cn1.Cl. The first-order valence-electron chi connectivity index (χ1n) is 9.03. The molecule has 2 aromatic rings. The van der Waals surface area contributed by atoms with Gasteiger partial charge in [-0.3, -0.25) is 4.90 Å². The number of piperazine rings is 1. The van der Waals surface area contributed by atoms with Gasteiger partial charge in [0.1, 0.15) is 5.82 Å². The average molecular weight is 411 g/mol. The summed E-state index contributed by atoms with van der Waals surface area (Å²) in [4.78, 5) is 9.19. The van der Waals surface area contributed by atoms with E-state index in [-0.39, 0.29) is 18.4 Å². The lowest BCUT2D eigenvalue weighted by Gasteiger charge is -2.37. The standard InChI is InChI=1S/C20H27ClN4O.ClH/c1-24(11-12-26-2)20-8-7-16(13-23-20)15-25-10-9-22-14-19(25)17-5-3-4-6-18(17)21;/h3-8,13,19,22H,9-12,14-15H2,1-2H3;1H. The summed E-state index contributed by atoms with van der Waals surface area (Å²) in [5.74, 6) is 0.966. The summed E-state index contributed by atoms with van der Waals surface area (Å²) < 4.78 is 5.13. The van der Waals surface area contributed by atoms with Gasteiger partial charge in [0.05, 0.1) is 6.61 Å². The summed E-state index contributed by atoms with van der Waals surface area (Å²) in [6.45, 7) is 5.29. The van der Waals surface area contributed by atoms with Crippen LogP contribution >= 0.6 is 24.0 Å². The maximum absolute atomic E-state index is 6.44. The quantitative estimate of drug-likeness (QED) is 0.757. The molecule has 1 unspecified atom stereocenters. The van der Waals surface area contributed by atoms with Crippen LogP contribution in [-0.4, -0.2) is 56.8 Å². The third kappa shape index (κ3) is 5.80. The molecule has 7 heteroatoms. The molecule has 27 heavy (non-hydrogen) atoms. The van der Waals surface area contributed by atoms with Crippen molar-refractivity contribution in [1.82, 2.24) is 15.2 Å². The van der Waals surface area contributed by atoms with Gasteiger partial charge >= 0.3 is 0 Å². The number of benzene rings is 1. The number of ether oxygens (including phenoxy) is 1. The molecule has 0 aliphatic carbocycles. The Kier molecular flexibility index (Phi) is 8.80. The Hall–Kier alpha value is -1.37. The van der Waals surface area contributed by atoms with Gasteiger partial charge in [-0.25, -0.2) is 4.98 Å². The molecule has 1 aromatic heterocycles. The minimum absolute atomic E-state index is 0. The first kappa shape index (κ1) is 21.9. The van der Waals surface area contributed by atoms with Gasteiger partial charge in [0.15, 0.2) is 0 Å². The second-order valence-corrected chi connectivity index (χ2v) is 7.06. The van der Waals surface area contributed by atoms with Crippen molar-refractivity contribution < 1.29 is 4.74 Å². The number of methoxy groups -OCH3 is 1. The molecule has 0 radical (unpaired) electrons. The molecular formula is C20H28Cl2N4O. The van der Waals surface area contributed by atoms with Crippen molar-refractivity contribution in [3.63, 3.8) is 0 Å². The van der Waals surface area contributed by atoms with Crippen LogP contribution in [0.15, 0.2) is 42.6 Å². The van der Waals surface area contributed by atoms with E-state index in [4.69, 9.17) is 16.3 Å². The molecule has 5 nitrogen and oxygen atoms in total. The van der Waals surface area contributed by atoms with Crippen LogP contribution < -0.4 is 10.2 Å². The number of pyridine rings is 1. The summed E-state index contributed by atoms with van der Waals surface area (Å²) in [5, 5.41) is 4.32. The third-order valence-corrected chi connectivity index (χ3v) is 5.18. The predicted molar refractivity (Wildman–Crippen MR) is 114 cm³/mol. The molecule has 1 aliphatic rings. The van der Waals surface area contributed by atoms with E-state index in [9.17, 15) is 0 Å². The molecule has 0 bridgehead atoms. The number of nitrogens with zero attached hydrogens (tertiary/aromatic N) is 3. The van der Waals surface area contributed by atoms with E-state index in [1.165, 1.54) is 11.1 Å². The Labute approximate surface area is 173 Å². The fraction of sp³-hybridized carbons (Fsp3) is 0.450. The zero-order valence-electron chi connectivity index (χ0n) is 15.9. The van der Waals surface area contributed by atoms with Gasteiger partial charge in [-0.05, 0) is 23.3 Å². The van der Waals surface area contributed by atoms with E-state index in [1.54, 1.807) is 7.11 Å². The van der Waals surface area contributed by atoms with Crippen molar-refractivity contribution in [3.05, 3.63) is 58.7 Å². The molecule has 0 spiro atoms. The molecule has 0 saturated carbocycles. The second-order valence-electron chi connectivity index (χ2n) is 6.65. The minimum atomic E-state index is 0.